The van der Waals surface area contributed by atoms with Crippen molar-refractivity contribution < 1.29 is 0 Å². The van der Waals surface area contributed by atoms with E-state index in [2.05, 4.69) is 64.3 Å². The van der Waals surface area contributed by atoms with Crippen molar-refractivity contribution >= 4 is 11.9 Å². The van der Waals surface area contributed by atoms with Crippen molar-refractivity contribution in [2.75, 3.05) is 12.8 Å². The second kappa shape index (κ2) is 9.32. The van der Waals surface area contributed by atoms with Gasteiger partial charge >= 0.3 is 0 Å². The summed E-state index contributed by atoms with van der Waals surface area (Å²) in [6.07, 6.45) is 9.00. The molecule has 0 heterocycles. The third kappa shape index (κ3) is 5.81. The van der Waals surface area contributed by atoms with Gasteiger partial charge in [0.15, 0.2) is 0 Å². The van der Waals surface area contributed by atoms with E-state index in [1.165, 1.54) is 22.4 Å². The Morgan fingerprint density at radius 2 is 1.61 bits per heavy atom. The Morgan fingerprint density at radius 1 is 1.00 bits per heavy atom. The zero-order valence-electron chi connectivity index (χ0n) is 13.1. The smallest absolute Gasteiger partial charge is 0.0263 e. The molecule has 0 atom stereocenters. The van der Waals surface area contributed by atoms with E-state index < -0.39 is 0 Å². The molecule has 0 unspecified atom stereocenters. The number of nitrogens with zero attached hydrogens (tertiary/aromatic N) is 1. The lowest BCUT2D eigenvalue weighted by atomic mass is 10.0. The first-order valence-electron chi connectivity index (χ1n) is 6.86. The highest BCUT2D eigenvalue weighted by molar-refractivity contribution is 7.96. The van der Waals surface area contributed by atoms with Crippen LogP contribution in [0.2, 0.25) is 0 Å². The van der Waals surface area contributed by atoms with Gasteiger partial charge in [-0.1, -0.05) is 37.4 Å². The van der Waals surface area contributed by atoms with Crippen LogP contribution >= 0.6 is 11.9 Å². The minimum atomic E-state index is 1.04. The Hall–Kier alpha value is -0.630. The van der Waals surface area contributed by atoms with Crippen molar-refractivity contribution in [3.05, 3.63) is 34.6 Å². The lowest BCUT2D eigenvalue weighted by molar-refractivity contribution is 0.608. The minimum Gasteiger partial charge on any atom is -0.321 e. The van der Waals surface area contributed by atoms with Gasteiger partial charge < -0.3 is 4.31 Å². The van der Waals surface area contributed by atoms with Crippen LogP contribution in [-0.4, -0.2) is 17.1 Å². The summed E-state index contributed by atoms with van der Waals surface area (Å²) in [7, 11) is 0. The molecule has 0 aliphatic heterocycles. The molecule has 0 aromatic heterocycles. The lowest BCUT2D eigenvalue weighted by Gasteiger charge is -2.20. The Morgan fingerprint density at radius 3 is 2.00 bits per heavy atom. The van der Waals surface area contributed by atoms with Crippen LogP contribution < -0.4 is 0 Å². The van der Waals surface area contributed by atoms with Crippen LogP contribution in [0, 0.1) is 0 Å². The highest BCUT2D eigenvalue weighted by atomic mass is 32.2. The molecule has 0 N–H and O–H groups in total. The summed E-state index contributed by atoms with van der Waals surface area (Å²) in [5.41, 5.74) is 5.62. The third-order valence-corrected chi connectivity index (χ3v) is 4.18. The van der Waals surface area contributed by atoms with Crippen LogP contribution in [0.25, 0.3) is 0 Å². The van der Waals surface area contributed by atoms with E-state index in [1.807, 2.05) is 0 Å². The summed E-state index contributed by atoms with van der Waals surface area (Å²) in [5, 5.41) is 0. The molecular formula is C16H29NS. The third-order valence-electron chi connectivity index (χ3n) is 3.19. The number of hydrogen-bond donors (Lipinski definition) is 0. The van der Waals surface area contributed by atoms with Gasteiger partial charge in [0.1, 0.15) is 0 Å². The topological polar surface area (TPSA) is 3.24 Å². The SMILES string of the molecule is CC\C(C)=C/C(CC)=C(C)\C=C(/C)N(CC)SC. The van der Waals surface area contributed by atoms with E-state index in [0.29, 0.717) is 0 Å². The van der Waals surface area contributed by atoms with Crippen LogP contribution in [0.5, 0.6) is 0 Å². The molecule has 0 saturated carbocycles. The monoisotopic (exact) mass is 267 g/mol. The molecule has 1 nitrogen and oxygen atoms in total. The van der Waals surface area contributed by atoms with Crippen molar-refractivity contribution in [3.63, 3.8) is 0 Å². The Bertz CT molecular complexity index is 333. The van der Waals surface area contributed by atoms with Gasteiger partial charge in [-0.05, 0) is 57.8 Å². The molecule has 104 valence electrons. The van der Waals surface area contributed by atoms with Gasteiger partial charge in [-0.3, -0.25) is 0 Å². The van der Waals surface area contributed by atoms with E-state index in [4.69, 9.17) is 0 Å². The number of allylic oxidation sites excluding steroid dienone is 6. The summed E-state index contributed by atoms with van der Waals surface area (Å²) in [6.45, 7) is 14.3. The summed E-state index contributed by atoms with van der Waals surface area (Å²) in [4.78, 5) is 0. The maximum atomic E-state index is 2.34. The van der Waals surface area contributed by atoms with Gasteiger partial charge in [0.05, 0.1) is 0 Å². The van der Waals surface area contributed by atoms with Crippen LogP contribution in [0.1, 0.15) is 54.4 Å². The molecular weight excluding hydrogens is 238 g/mol. The molecule has 2 heteroatoms. The fourth-order valence-electron chi connectivity index (χ4n) is 1.89. The second-order valence-electron chi connectivity index (χ2n) is 4.57. The van der Waals surface area contributed by atoms with Crippen molar-refractivity contribution in [1.29, 1.82) is 0 Å². The standard InChI is InChI=1S/C16H29NS/c1-8-13(4)11-16(9-2)14(5)12-15(6)17(10-3)18-7/h11-12H,8-10H2,1-7H3/b13-11-,15-12+,16-14-. The Balaban J connectivity index is 5.19. The van der Waals surface area contributed by atoms with E-state index >= 15 is 0 Å². The number of rotatable bonds is 7. The highest BCUT2D eigenvalue weighted by Gasteiger charge is 2.02. The molecule has 0 bridgehead atoms. The van der Waals surface area contributed by atoms with Crippen LogP contribution in [-0.2, 0) is 0 Å². The van der Waals surface area contributed by atoms with Crippen LogP contribution in [0.3, 0.4) is 0 Å². The molecule has 0 aromatic rings. The van der Waals surface area contributed by atoms with Crippen molar-refractivity contribution in [2.45, 2.75) is 54.4 Å². The van der Waals surface area contributed by atoms with E-state index in [1.54, 1.807) is 11.9 Å². The molecule has 0 rings (SSSR count). The normalized spacial score (nSPS) is 14.6. The van der Waals surface area contributed by atoms with Gasteiger partial charge in [0.2, 0.25) is 0 Å². The molecule has 0 saturated heterocycles. The average molecular weight is 267 g/mol. The highest BCUT2D eigenvalue weighted by Crippen LogP contribution is 2.20. The van der Waals surface area contributed by atoms with E-state index in [-0.39, 0.29) is 0 Å². The molecule has 0 amide bonds. The molecule has 0 aliphatic rings. The van der Waals surface area contributed by atoms with Gasteiger partial charge in [-0.15, -0.1) is 0 Å². The molecule has 18 heavy (non-hydrogen) atoms. The van der Waals surface area contributed by atoms with Gasteiger partial charge in [0, 0.05) is 18.5 Å². The molecule has 0 fully saturated rings. The first-order valence-corrected chi connectivity index (χ1v) is 8.05. The fraction of sp³-hybridized carbons (Fsp3) is 0.625. The first kappa shape index (κ1) is 17.4. The van der Waals surface area contributed by atoms with Gasteiger partial charge in [0.25, 0.3) is 0 Å². The zero-order valence-corrected chi connectivity index (χ0v) is 13.9. The molecule has 0 radical (unpaired) electrons. The number of hydrogen-bond acceptors (Lipinski definition) is 2. The van der Waals surface area contributed by atoms with E-state index in [9.17, 15) is 0 Å². The van der Waals surface area contributed by atoms with Crippen molar-refractivity contribution in [1.82, 2.24) is 4.31 Å². The molecule has 0 spiro atoms. The predicted octanol–water partition coefficient (Wildman–Crippen LogP) is 5.57. The summed E-state index contributed by atoms with van der Waals surface area (Å²) in [6, 6.07) is 0. The molecule has 0 aromatic carbocycles. The quantitative estimate of drug-likeness (QED) is 0.438. The summed E-state index contributed by atoms with van der Waals surface area (Å²) >= 11 is 1.78. The maximum Gasteiger partial charge on any atom is 0.0263 e. The minimum absolute atomic E-state index is 1.04. The first-order chi connectivity index (χ1) is 8.49. The second-order valence-corrected chi connectivity index (χ2v) is 5.37. The van der Waals surface area contributed by atoms with Crippen LogP contribution in [0.4, 0.5) is 0 Å². The predicted molar refractivity (Wildman–Crippen MR) is 86.7 cm³/mol. The maximum absolute atomic E-state index is 2.34. The summed E-state index contributed by atoms with van der Waals surface area (Å²) < 4.78 is 2.31. The fourth-order valence-corrected chi connectivity index (χ4v) is 2.49. The largest absolute Gasteiger partial charge is 0.321 e. The van der Waals surface area contributed by atoms with E-state index in [0.717, 1.165) is 19.4 Å². The van der Waals surface area contributed by atoms with Crippen LogP contribution in [0.15, 0.2) is 34.6 Å². The van der Waals surface area contributed by atoms with Crippen molar-refractivity contribution in [3.8, 4) is 0 Å². The van der Waals surface area contributed by atoms with Gasteiger partial charge in [-0.2, -0.15) is 0 Å². The Kier molecular flexibility index (Phi) is 8.99. The summed E-state index contributed by atoms with van der Waals surface area (Å²) in [5.74, 6) is 0. The molecule has 0 aliphatic carbocycles. The lowest BCUT2D eigenvalue weighted by Crippen LogP contribution is -2.11. The van der Waals surface area contributed by atoms with Gasteiger partial charge in [-0.25, -0.2) is 0 Å². The Labute approximate surface area is 118 Å². The average Bonchev–Trinajstić information content (AvgIpc) is 2.36. The van der Waals surface area contributed by atoms with Crippen molar-refractivity contribution in [2.24, 2.45) is 0 Å². The zero-order chi connectivity index (χ0) is 14.1.